The Labute approximate surface area is 433 Å². The van der Waals surface area contributed by atoms with Crippen LogP contribution in [0.2, 0.25) is 0 Å². The summed E-state index contributed by atoms with van der Waals surface area (Å²) in [5.41, 5.74) is -8.79. The molecular weight excluding hydrogens is 990 g/mol. The average molecular weight is 1060 g/mol. The Morgan fingerprint density at radius 2 is 1.66 bits per heavy atom. The molecule has 3 fully saturated rings. The summed E-state index contributed by atoms with van der Waals surface area (Å²) >= 11 is 0. The van der Waals surface area contributed by atoms with Crippen LogP contribution in [0, 0.1) is 28.5 Å². The summed E-state index contributed by atoms with van der Waals surface area (Å²) < 4.78 is 57.2. The van der Waals surface area contributed by atoms with Crippen molar-refractivity contribution < 1.29 is 81.3 Å². The first-order chi connectivity index (χ1) is 34.0. The molecule has 2 bridgehead atoms. The third-order valence-electron chi connectivity index (χ3n) is 14.5. The number of esters is 5. The molecule has 2 saturated carbocycles. The van der Waals surface area contributed by atoms with Crippen molar-refractivity contribution in [2.24, 2.45) is 22.7 Å². The monoisotopic (exact) mass is 1060 g/mol. The number of amides is 1. The molecule has 1 aliphatic heterocycles. The van der Waals surface area contributed by atoms with E-state index in [1.54, 1.807) is 72.9 Å². The molecule has 0 aromatic heterocycles. The van der Waals surface area contributed by atoms with Crippen molar-refractivity contribution in [3.05, 3.63) is 76.6 Å². The topological polar surface area (TPSA) is 237 Å². The van der Waals surface area contributed by atoms with Crippen molar-refractivity contribution in [1.29, 1.82) is 0 Å². The standard InChI is InChI=1S/C53H68FNO16S2/c1-13-38(58)67-42-40-28(4)34(66-47(62)41(33(21-27(2)3)55-48(63)71-49(6,7)8)68-39(59)23-31-22-32(54)19-20-35(31)73-72-12)25-53(64,50(40,9)10)45(69-46(61)30-17-15-14-16-18-30)43-51(11,44(42)60)36(57)24-37-52(43,26-65-37)70-29(5)56/h14-20,22,27,33-34,36-37,41-43,45,57,64H,13,21,23-26H2,1-12H3,(H,55,63)/t33?,34-,36-,37+,41+,42+,43-,45-,51+,52-,53+/m0/s1. The normalized spacial score (nSPS) is 29.1. The van der Waals surface area contributed by atoms with E-state index in [0.717, 1.165) is 6.92 Å². The summed E-state index contributed by atoms with van der Waals surface area (Å²) in [4.78, 5) is 100. The van der Waals surface area contributed by atoms with Gasteiger partial charge in [-0.1, -0.05) is 74.4 Å². The van der Waals surface area contributed by atoms with E-state index in [9.17, 15) is 38.6 Å². The van der Waals surface area contributed by atoms with Gasteiger partial charge in [-0.25, -0.2) is 18.8 Å². The lowest BCUT2D eigenvalue weighted by Crippen LogP contribution is -2.82. The number of ketones is 1. The second kappa shape index (κ2) is 22.1. The fraction of sp³-hybridized carbons (Fsp3) is 0.604. The van der Waals surface area contributed by atoms with Crippen LogP contribution in [-0.4, -0.2) is 124 Å². The third kappa shape index (κ3) is 11.5. The highest BCUT2D eigenvalue weighted by molar-refractivity contribution is 8.76. The van der Waals surface area contributed by atoms with Gasteiger partial charge >= 0.3 is 35.9 Å². The quantitative estimate of drug-likeness (QED) is 0.0652. The van der Waals surface area contributed by atoms with Crippen molar-refractivity contribution in [3.8, 4) is 0 Å². The Kier molecular flexibility index (Phi) is 17.3. The second-order valence-electron chi connectivity index (χ2n) is 21.4. The first-order valence-electron chi connectivity index (χ1n) is 24.4. The molecular formula is C53H68FNO16S2. The molecule has 2 aromatic rings. The van der Waals surface area contributed by atoms with E-state index in [2.05, 4.69) is 5.32 Å². The van der Waals surface area contributed by atoms with E-state index in [4.69, 9.17) is 33.2 Å². The molecule has 17 nitrogen and oxygen atoms in total. The predicted molar refractivity (Wildman–Crippen MR) is 265 cm³/mol. The molecule has 1 unspecified atom stereocenters. The van der Waals surface area contributed by atoms with Gasteiger partial charge in [0.05, 0.1) is 42.1 Å². The number of benzene rings is 2. The number of aliphatic hydroxyl groups excluding tert-OH is 1. The molecule has 0 spiro atoms. The van der Waals surface area contributed by atoms with Crippen molar-refractivity contribution >= 4 is 63.3 Å². The van der Waals surface area contributed by atoms with Crippen molar-refractivity contribution in [1.82, 2.24) is 5.32 Å². The predicted octanol–water partition coefficient (Wildman–Crippen LogP) is 7.20. The van der Waals surface area contributed by atoms with Gasteiger partial charge in [0.2, 0.25) is 6.10 Å². The summed E-state index contributed by atoms with van der Waals surface area (Å²) in [6.07, 6.45) is -10.7. The van der Waals surface area contributed by atoms with Gasteiger partial charge in [0, 0.05) is 36.5 Å². The number of halogens is 1. The summed E-state index contributed by atoms with van der Waals surface area (Å²) in [5, 5.41) is 28.9. The van der Waals surface area contributed by atoms with Crippen LogP contribution in [0.1, 0.15) is 118 Å². The van der Waals surface area contributed by atoms with Gasteiger partial charge in [0.25, 0.3) is 0 Å². The summed E-state index contributed by atoms with van der Waals surface area (Å²) in [7, 11) is 2.63. The minimum Gasteiger partial charge on any atom is -0.455 e. The molecule has 4 aliphatic rings. The SMILES string of the molecule is CCC(=O)O[C@H]1C(=O)[C@@]2(C)[C@H]([C@H](OC(=O)c3ccccc3)[C@]3(O)C[C@H](OC(=O)[C@H](OC(=O)Cc4cc(F)ccc4SSC)C(CC(C)C)NC(=O)OC(C)(C)C)C(C)=C1C3(C)C)[C@]1(OC(C)=O)CO[C@@H]1C[C@@H]2O. The van der Waals surface area contributed by atoms with E-state index in [1.807, 2.05) is 0 Å². The van der Waals surface area contributed by atoms with Gasteiger partial charge in [-0.05, 0) is 100 Å². The molecule has 3 N–H and O–H groups in total. The molecule has 73 heavy (non-hydrogen) atoms. The van der Waals surface area contributed by atoms with Crippen LogP contribution in [0.3, 0.4) is 0 Å². The third-order valence-corrected chi connectivity index (χ3v) is 16.3. The van der Waals surface area contributed by atoms with Crippen LogP contribution < -0.4 is 5.32 Å². The molecule has 400 valence electrons. The van der Waals surface area contributed by atoms with Crippen molar-refractivity contribution in [3.63, 3.8) is 0 Å². The number of fused-ring (bicyclic) bond motifs is 5. The Morgan fingerprint density at radius 3 is 2.23 bits per heavy atom. The zero-order valence-electron chi connectivity index (χ0n) is 43.4. The first-order valence-corrected chi connectivity index (χ1v) is 26.9. The van der Waals surface area contributed by atoms with E-state index >= 15 is 9.59 Å². The molecule has 11 atom stereocenters. The van der Waals surface area contributed by atoms with E-state index in [1.165, 1.54) is 72.7 Å². The van der Waals surface area contributed by atoms with E-state index in [0.29, 0.717) is 4.90 Å². The van der Waals surface area contributed by atoms with Crippen LogP contribution in [0.5, 0.6) is 0 Å². The minimum atomic E-state index is -2.48. The lowest BCUT2D eigenvalue weighted by atomic mass is 9.44. The number of hydrogen-bond donors (Lipinski definition) is 3. The number of Topliss-reactive ketones (excluding diaryl/α,β-unsaturated/α-hetero) is 1. The lowest BCUT2D eigenvalue weighted by Gasteiger charge is -2.67. The maximum absolute atomic E-state index is 15.8. The molecule has 6 rings (SSSR count). The van der Waals surface area contributed by atoms with Gasteiger partial charge in [-0.15, -0.1) is 0 Å². The number of hydrogen-bond acceptors (Lipinski definition) is 18. The van der Waals surface area contributed by atoms with Crippen LogP contribution >= 0.6 is 21.6 Å². The Morgan fingerprint density at radius 1 is 0.986 bits per heavy atom. The number of aliphatic hydroxyl groups is 2. The number of ether oxygens (including phenoxy) is 7. The lowest BCUT2D eigenvalue weighted by molar-refractivity contribution is -0.346. The van der Waals surface area contributed by atoms with Crippen molar-refractivity contribution in [2.45, 2.75) is 173 Å². The largest absolute Gasteiger partial charge is 0.455 e. The number of alkyl carbamates (subject to hydrolysis) is 1. The number of carbonyl (C=O) groups is 7. The highest BCUT2D eigenvalue weighted by Crippen LogP contribution is 2.64. The number of carbonyl (C=O) groups excluding carboxylic acids is 7. The smallest absolute Gasteiger partial charge is 0.408 e. The Balaban J connectivity index is 1.56. The van der Waals surface area contributed by atoms with E-state index < -0.39 is 137 Å². The van der Waals surface area contributed by atoms with Gasteiger partial charge in [-0.2, -0.15) is 0 Å². The van der Waals surface area contributed by atoms with Crippen LogP contribution in [0.15, 0.2) is 64.6 Å². The molecule has 3 aliphatic carbocycles. The Hall–Kier alpha value is -5.02. The average Bonchev–Trinajstić information content (AvgIpc) is 3.29. The summed E-state index contributed by atoms with van der Waals surface area (Å²) in [6.45, 7) is 16.8. The second-order valence-corrected chi connectivity index (χ2v) is 23.8. The number of nitrogens with one attached hydrogen (secondary N) is 1. The van der Waals surface area contributed by atoms with Crippen LogP contribution in [0.4, 0.5) is 9.18 Å². The maximum atomic E-state index is 15.8. The zero-order valence-corrected chi connectivity index (χ0v) is 45.0. The first kappa shape index (κ1) is 57.3. The molecule has 1 saturated heterocycles. The number of rotatable bonds is 16. The van der Waals surface area contributed by atoms with Crippen LogP contribution in [-0.2, 0) is 63.6 Å². The zero-order chi connectivity index (χ0) is 54.2. The molecule has 1 amide bonds. The Bertz CT molecular complexity index is 2490. The summed E-state index contributed by atoms with van der Waals surface area (Å²) in [6, 6.07) is 10.4. The van der Waals surface area contributed by atoms with Gasteiger partial charge < -0.3 is 48.7 Å². The van der Waals surface area contributed by atoms with Crippen LogP contribution in [0.25, 0.3) is 0 Å². The van der Waals surface area contributed by atoms with Crippen molar-refractivity contribution in [2.75, 3.05) is 12.9 Å². The van der Waals surface area contributed by atoms with E-state index in [-0.39, 0.29) is 54.1 Å². The molecule has 20 heteroatoms. The molecule has 2 aromatic carbocycles. The maximum Gasteiger partial charge on any atom is 0.408 e. The van der Waals surface area contributed by atoms with Gasteiger partial charge in [0.15, 0.2) is 17.5 Å². The minimum absolute atomic E-state index is 0.0205. The van der Waals surface area contributed by atoms with Gasteiger partial charge in [-0.3, -0.25) is 19.2 Å². The highest BCUT2D eigenvalue weighted by atomic mass is 33.1. The molecule has 0 radical (unpaired) electrons. The highest BCUT2D eigenvalue weighted by Gasteiger charge is 2.78. The summed E-state index contributed by atoms with van der Waals surface area (Å²) in [5.74, 6) is -8.22. The van der Waals surface area contributed by atoms with Gasteiger partial charge in [0.1, 0.15) is 35.3 Å². The molecule has 1 heterocycles. The fourth-order valence-corrected chi connectivity index (χ4v) is 12.6. The fourth-order valence-electron chi connectivity index (χ4n) is 11.0.